The van der Waals surface area contributed by atoms with Crippen LogP contribution < -0.4 is 10.6 Å². The zero-order valence-corrected chi connectivity index (χ0v) is 13.4. The van der Waals surface area contributed by atoms with Gasteiger partial charge in [-0.05, 0) is 37.3 Å². The Morgan fingerprint density at radius 3 is 2.40 bits per heavy atom. The molecule has 2 aromatic rings. The summed E-state index contributed by atoms with van der Waals surface area (Å²) in [5.74, 6) is -1.62. The fourth-order valence-corrected chi connectivity index (χ4v) is 2.29. The smallest absolute Gasteiger partial charge is 0.273 e. The summed E-state index contributed by atoms with van der Waals surface area (Å²) >= 11 is 0. The van der Waals surface area contributed by atoms with Gasteiger partial charge in [0, 0.05) is 35.8 Å². The van der Waals surface area contributed by atoms with Gasteiger partial charge in [0.2, 0.25) is 5.91 Å². The standard InChI is InChI=1S/C17H16FN3O4/c1-11-2-3-12(10-15(11)21(24)25)17(23)20(9-8-16(19)22)14-6-4-13(18)5-7-14/h2-7,10H,8-9H2,1H3,(H2,19,22). The van der Waals surface area contributed by atoms with Crippen LogP contribution in [-0.4, -0.2) is 23.3 Å². The average Bonchev–Trinajstić information content (AvgIpc) is 2.56. The second-order valence-electron chi connectivity index (χ2n) is 5.41. The van der Waals surface area contributed by atoms with Crippen LogP contribution in [0.5, 0.6) is 0 Å². The van der Waals surface area contributed by atoms with Gasteiger partial charge in [0.15, 0.2) is 0 Å². The van der Waals surface area contributed by atoms with Crippen LogP contribution in [0.15, 0.2) is 42.5 Å². The van der Waals surface area contributed by atoms with E-state index in [2.05, 4.69) is 0 Å². The number of anilines is 1. The van der Waals surface area contributed by atoms with E-state index in [0.717, 1.165) is 0 Å². The number of aryl methyl sites for hydroxylation is 1. The lowest BCUT2D eigenvalue weighted by molar-refractivity contribution is -0.385. The molecule has 7 nitrogen and oxygen atoms in total. The van der Waals surface area contributed by atoms with Crippen molar-refractivity contribution >= 4 is 23.2 Å². The highest BCUT2D eigenvalue weighted by atomic mass is 19.1. The molecule has 0 saturated heterocycles. The first-order chi connectivity index (χ1) is 11.8. The van der Waals surface area contributed by atoms with Crippen molar-refractivity contribution in [2.75, 3.05) is 11.4 Å². The highest BCUT2D eigenvalue weighted by molar-refractivity contribution is 6.06. The molecule has 0 aliphatic rings. The summed E-state index contributed by atoms with van der Waals surface area (Å²) in [4.78, 5) is 35.6. The molecule has 0 bridgehead atoms. The minimum absolute atomic E-state index is 0.0263. The molecule has 0 heterocycles. The topological polar surface area (TPSA) is 107 Å². The van der Waals surface area contributed by atoms with Gasteiger partial charge in [-0.2, -0.15) is 0 Å². The predicted octanol–water partition coefficient (Wildman–Crippen LogP) is 2.56. The molecule has 0 spiro atoms. The Balaban J connectivity index is 2.40. The molecule has 130 valence electrons. The molecule has 2 N–H and O–H groups in total. The normalized spacial score (nSPS) is 10.3. The van der Waals surface area contributed by atoms with Crippen LogP contribution in [0.4, 0.5) is 15.8 Å². The second-order valence-corrected chi connectivity index (χ2v) is 5.41. The fourth-order valence-electron chi connectivity index (χ4n) is 2.29. The number of nitrogens with two attached hydrogens (primary N) is 1. The summed E-state index contributed by atoms with van der Waals surface area (Å²) in [7, 11) is 0. The number of amides is 2. The van der Waals surface area contributed by atoms with Gasteiger partial charge < -0.3 is 10.6 Å². The van der Waals surface area contributed by atoms with E-state index in [1.807, 2.05) is 0 Å². The highest BCUT2D eigenvalue weighted by Crippen LogP contribution is 2.23. The Kier molecular flexibility index (Phi) is 5.43. The highest BCUT2D eigenvalue weighted by Gasteiger charge is 2.21. The van der Waals surface area contributed by atoms with Gasteiger partial charge >= 0.3 is 0 Å². The number of nitro groups is 1. The van der Waals surface area contributed by atoms with E-state index in [0.29, 0.717) is 11.3 Å². The number of primary amides is 1. The summed E-state index contributed by atoms with van der Waals surface area (Å²) in [6.07, 6.45) is -0.100. The second kappa shape index (κ2) is 7.52. The molecule has 2 amide bonds. The van der Waals surface area contributed by atoms with Crippen molar-refractivity contribution in [3.8, 4) is 0 Å². The Hall–Kier alpha value is -3.29. The third-order valence-electron chi connectivity index (χ3n) is 3.62. The Morgan fingerprint density at radius 2 is 1.84 bits per heavy atom. The Bertz CT molecular complexity index is 821. The van der Waals surface area contributed by atoms with Gasteiger partial charge in [-0.1, -0.05) is 6.07 Å². The maximum absolute atomic E-state index is 13.1. The van der Waals surface area contributed by atoms with Crippen molar-refractivity contribution in [2.24, 2.45) is 5.73 Å². The lowest BCUT2D eigenvalue weighted by Crippen LogP contribution is -2.34. The van der Waals surface area contributed by atoms with Crippen LogP contribution in [0.25, 0.3) is 0 Å². The van der Waals surface area contributed by atoms with E-state index in [4.69, 9.17) is 5.73 Å². The molecule has 2 aromatic carbocycles. The first-order valence-corrected chi connectivity index (χ1v) is 7.40. The molecule has 8 heteroatoms. The quantitative estimate of drug-likeness (QED) is 0.641. The summed E-state index contributed by atoms with van der Waals surface area (Å²) in [6.45, 7) is 1.54. The third kappa shape index (κ3) is 4.37. The molecule has 0 saturated carbocycles. The first-order valence-electron chi connectivity index (χ1n) is 7.40. The summed E-state index contributed by atoms with van der Waals surface area (Å²) in [6, 6.07) is 9.24. The van der Waals surface area contributed by atoms with Crippen molar-refractivity contribution in [3.05, 3.63) is 69.5 Å². The number of halogens is 1. The summed E-state index contributed by atoms with van der Waals surface area (Å²) in [5.41, 5.74) is 5.83. The number of rotatable bonds is 6. The molecular weight excluding hydrogens is 329 g/mol. The van der Waals surface area contributed by atoms with E-state index < -0.39 is 22.6 Å². The van der Waals surface area contributed by atoms with Gasteiger partial charge in [-0.25, -0.2) is 4.39 Å². The number of hydrogen-bond acceptors (Lipinski definition) is 4. The fraction of sp³-hybridized carbons (Fsp3) is 0.176. The number of benzene rings is 2. The van der Waals surface area contributed by atoms with E-state index in [1.165, 1.54) is 47.4 Å². The SMILES string of the molecule is Cc1ccc(C(=O)N(CCC(N)=O)c2ccc(F)cc2)cc1[N+](=O)[O-]. The molecule has 0 aromatic heterocycles. The summed E-state index contributed by atoms with van der Waals surface area (Å²) in [5, 5.41) is 11.1. The minimum Gasteiger partial charge on any atom is -0.370 e. The van der Waals surface area contributed by atoms with Crippen molar-refractivity contribution in [2.45, 2.75) is 13.3 Å². The molecular formula is C17H16FN3O4. The molecule has 0 aliphatic heterocycles. The lowest BCUT2D eigenvalue weighted by atomic mass is 10.1. The van der Waals surface area contributed by atoms with Crippen molar-refractivity contribution in [1.82, 2.24) is 0 Å². The number of carbonyl (C=O) groups excluding carboxylic acids is 2. The minimum atomic E-state index is -0.602. The molecule has 0 radical (unpaired) electrons. The maximum atomic E-state index is 13.1. The van der Waals surface area contributed by atoms with Gasteiger partial charge in [-0.3, -0.25) is 19.7 Å². The number of carbonyl (C=O) groups is 2. The van der Waals surface area contributed by atoms with Gasteiger partial charge in [0.25, 0.3) is 11.6 Å². The Morgan fingerprint density at radius 1 is 1.20 bits per heavy atom. The summed E-state index contributed by atoms with van der Waals surface area (Å²) < 4.78 is 13.1. The zero-order valence-electron chi connectivity index (χ0n) is 13.4. The lowest BCUT2D eigenvalue weighted by Gasteiger charge is -2.22. The molecule has 0 atom stereocenters. The van der Waals surface area contributed by atoms with Crippen LogP contribution in [0.2, 0.25) is 0 Å². The maximum Gasteiger partial charge on any atom is 0.273 e. The van der Waals surface area contributed by atoms with Gasteiger partial charge in [-0.15, -0.1) is 0 Å². The largest absolute Gasteiger partial charge is 0.370 e. The monoisotopic (exact) mass is 345 g/mol. The van der Waals surface area contributed by atoms with Gasteiger partial charge in [0.05, 0.1) is 4.92 Å². The van der Waals surface area contributed by atoms with Crippen molar-refractivity contribution in [1.29, 1.82) is 0 Å². The van der Waals surface area contributed by atoms with Crippen molar-refractivity contribution < 1.29 is 18.9 Å². The van der Waals surface area contributed by atoms with Gasteiger partial charge in [0.1, 0.15) is 5.82 Å². The molecule has 0 fully saturated rings. The van der Waals surface area contributed by atoms with E-state index in [9.17, 15) is 24.1 Å². The molecule has 0 unspecified atom stereocenters. The molecule has 25 heavy (non-hydrogen) atoms. The first kappa shape index (κ1) is 18.1. The van der Waals surface area contributed by atoms with Crippen LogP contribution in [-0.2, 0) is 4.79 Å². The third-order valence-corrected chi connectivity index (χ3v) is 3.62. The zero-order chi connectivity index (χ0) is 18.6. The van der Waals surface area contributed by atoms with E-state index >= 15 is 0 Å². The van der Waals surface area contributed by atoms with Crippen LogP contribution >= 0.6 is 0 Å². The number of hydrogen-bond donors (Lipinski definition) is 1. The average molecular weight is 345 g/mol. The van der Waals surface area contributed by atoms with Crippen LogP contribution in [0.1, 0.15) is 22.3 Å². The van der Waals surface area contributed by atoms with Crippen LogP contribution in [0.3, 0.4) is 0 Å². The van der Waals surface area contributed by atoms with E-state index in [1.54, 1.807) is 6.92 Å². The molecule has 2 rings (SSSR count). The van der Waals surface area contributed by atoms with Crippen molar-refractivity contribution in [3.63, 3.8) is 0 Å². The predicted molar refractivity (Wildman–Crippen MR) is 89.7 cm³/mol. The van der Waals surface area contributed by atoms with E-state index in [-0.39, 0.29) is 24.2 Å². The number of nitrogens with zero attached hydrogens (tertiary/aromatic N) is 2. The van der Waals surface area contributed by atoms with Crippen LogP contribution in [0, 0.1) is 22.9 Å². The Labute approximate surface area is 143 Å². The number of nitro benzene ring substituents is 1. The molecule has 0 aliphatic carbocycles.